The van der Waals surface area contributed by atoms with Gasteiger partial charge in [-0.15, -0.1) is 0 Å². The molecule has 1 heterocycles. The normalized spacial score (nSPS) is 21.5. The highest BCUT2D eigenvalue weighted by Crippen LogP contribution is 2.26. The van der Waals surface area contributed by atoms with Crippen LogP contribution < -0.4 is 15.4 Å². The van der Waals surface area contributed by atoms with Crippen LogP contribution in [0.4, 0.5) is 5.69 Å². The first kappa shape index (κ1) is 23.4. The molecule has 1 fully saturated rings. The molecule has 7 nitrogen and oxygen atoms in total. The zero-order chi connectivity index (χ0) is 23.4. The molecule has 4 rings (SSSR count). The van der Waals surface area contributed by atoms with E-state index in [1.807, 2.05) is 30.3 Å². The zero-order valence-electron chi connectivity index (χ0n) is 18.8. The third-order valence-corrected chi connectivity index (χ3v) is 8.09. The van der Waals surface area contributed by atoms with E-state index in [4.69, 9.17) is 0 Å². The van der Waals surface area contributed by atoms with Gasteiger partial charge in [0.2, 0.25) is 21.8 Å². The van der Waals surface area contributed by atoms with Crippen LogP contribution in [-0.2, 0) is 32.5 Å². The van der Waals surface area contributed by atoms with Crippen LogP contribution in [0.2, 0.25) is 0 Å². The Morgan fingerprint density at radius 2 is 1.85 bits per heavy atom. The summed E-state index contributed by atoms with van der Waals surface area (Å²) in [6.07, 6.45) is 5.26. The van der Waals surface area contributed by atoms with Crippen molar-refractivity contribution in [3.05, 3.63) is 59.7 Å². The fourth-order valence-electron chi connectivity index (χ4n) is 4.63. The SMILES string of the molecule is C[C@@H]1CCCC[C@H]1NC(=O)[C@H](Cc1ccccc1)NS(=O)(=O)c1ccc2c(c1)CCC(=O)N2. The summed E-state index contributed by atoms with van der Waals surface area (Å²) in [7, 11) is -3.95. The molecular weight excluding hydrogens is 438 g/mol. The van der Waals surface area contributed by atoms with Crippen LogP contribution in [0.3, 0.4) is 0 Å². The average molecular weight is 470 g/mol. The summed E-state index contributed by atoms with van der Waals surface area (Å²) in [5.74, 6) is -0.00768. The molecular formula is C25H31N3O4S. The Morgan fingerprint density at radius 1 is 1.09 bits per heavy atom. The second-order valence-electron chi connectivity index (χ2n) is 9.11. The summed E-state index contributed by atoms with van der Waals surface area (Å²) >= 11 is 0. The average Bonchev–Trinajstić information content (AvgIpc) is 2.80. The number of rotatable bonds is 7. The molecule has 176 valence electrons. The highest BCUT2D eigenvalue weighted by atomic mass is 32.2. The second kappa shape index (κ2) is 10.1. The van der Waals surface area contributed by atoms with Gasteiger partial charge in [0.05, 0.1) is 4.90 Å². The van der Waals surface area contributed by atoms with Crippen LogP contribution in [-0.4, -0.2) is 32.3 Å². The van der Waals surface area contributed by atoms with E-state index < -0.39 is 16.1 Å². The number of anilines is 1. The molecule has 2 aliphatic rings. The molecule has 2 aromatic rings. The molecule has 8 heteroatoms. The lowest BCUT2D eigenvalue weighted by Crippen LogP contribution is -2.52. The number of aryl methyl sites for hydroxylation is 1. The van der Waals surface area contributed by atoms with Crippen LogP contribution in [0, 0.1) is 5.92 Å². The van der Waals surface area contributed by atoms with Gasteiger partial charge in [-0.1, -0.05) is 50.1 Å². The molecule has 0 aromatic heterocycles. The maximum Gasteiger partial charge on any atom is 0.241 e. The Labute approximate surface area is 195 Å². The van der Waals surface area contributed by atoms with E-state index in [1.165, 1.54) is 6.07 Å². The molecule has 0 spiro atoms. The Bertz CT molecular complexity index is 1120. The minimum atomic E-state index is -3.95. The van der Waals surface area contributed by atoms with Crippen molar-refractivity contribution in [2.24, 2.45) is 5.92 Å². The third kappa shape index (κ3) is 5.81. The summed E-state index contributed by atoms with van der Waals surface area (Å²) < 4.78 is 29.2. The number of carbonyl (C=O) groups is 2. The topological polar surface area (TPSA) is 104 Å². The van der Waals surface area contributed by atoms with Gasteiger partial charge in [-0.3, -0.25) is 9.59 Å². The molecule has 1 aliphatic carbocycles. The van der Waals surface area contributed by atoms with E-state index in [1.54, 1.807) is 12.1 Å². The standard InChI is InChI=1S/C25H31N3O4S/c1-17-7-5-6-10-21(17)27-25(30)23(15-18-8-3-2-4-9-18)28-33(31,32)20-12-13-22-19(16-20)11-14-24(29)26-22/h2-4,8-9,12-13,16-17,21,23,28H,5-7,10-11,14-15H2,1H3,(H,26,29)(H,27,30)/t17-,21-,23+/m1/s1. The van der Waals surface area contributed by atoms with Crippen LogP contribution in [0.1, 0.15) is 50.2 Å². The maximum atomic E-state index is 13.3. The Balaban J connectivity index is 1.55. The van der Waals surface area contributed by atoms with Gasteiger partial charge in [-0.25, -0.2) is 8.42 Å². The number of benzene rings is 2. The van der Waals surface area contributed by atoms with Crippen molar-refractivity contribution in [1.29, 1.82) is 0 Å². The van der Waals surface area contributed by atoms with Gasteiger partial charge in [0.15, 0.2) is 0 Å². The van der Waals surface area contributed by atoms with E-state index in [9.17, 15) is 18.0 Å². The first-order chi connectivity index (χ1) is 15.8. The lowest BCUT2D eigenvalue weighted by atomic mass is 9.86. The minimum Gasteiger partial charge on any atom is -0.352 e. The van der Waals surface area contributed by atoms with Crippen molar-refractivity contribution in [1.82, 2.24) is 10.0 Å². The van der Waals surface area contributed by atoms with Gasteiger partial charge in [-0.05, 0) is 60.9 Å². The van der Waals surface area contributed by atoms with Gasteiger partial charge in [0.25, 0.3) is 0 Å². The number of amides is 2. The lowest BCUT2D eigenvalue weighted by molar-refractivity contribution is -0.124. The van der Waals surface area contributed by atoms with E-state index in [-0.39, 0.29) is 29.2 Å². The van der Waals surface area contributed by atoms with E-state index in [2.05, 4.69) is 22.3 Å². The van der Waals surface area contributed by atoms with Gasteiger partial charge >= 0.3 is 0 Å². The quantitative estimate of drug-likeness (QED) is 0.579. The molecule has 0 saturated heterocycles. The number of hydrogen-bond donors (Lipinski definition) is 3. The van der Waals surface area contributed by atoms with Gasteiger partial charge in [0.1, 0.15) is 6.04 Å². The van der Waals surface area contributed by atoms with Crippen molar-refractivity contribution >= 4 is 27.5 Å². The zero-order valence-corrected chi connectivity index (χ0v) is 19.7. The van der Waals surface area contributed by atoms with E-state index >= 15 is 0 Å². The van der Waals surface area contributed by atoms with Gasteiger partial charge in [-0.2, -0.15) is 4.72 Å². The highest BCUT2D eigenvalue weighted by Gasteiger charge is 2.30. The van der Waals surface area contributed by atoms with Crippen molar-refractivity contribution in [2.45, 2.75) is 68.8 Å². The maximum absolute atomic E-state index is 13.3. The minimum absolute atomic E-state index is 0.0568. The first-order valence-electron chi connectivity index (χ1n) is 11.6. The summed E-state index contributed by atoms with van der Waals surface area (Å²) in [6.45, 7) is 2.13. The Kier molecular flexibility index (Phi) is 7.14. The third-order valence-electron chi connectivity index (χ3n) is 6.62. The Hall–Kier alpha value is -2.71. The van der Waals surface area contributed by atoms with Gasteiger partial charge in [0, 0.05) is 18.2 Å². The van der Waals surface area contributed by atoms with Crippen LogP contribution in [0.5, 0.6) is 0 Å². The summed E-state index contributed by atoms with van der Waals surface area (Å²) in [5, 5.41) is 5.87. The van der Waals surface area contributed by atoms with Crippen LogP contribution >= 0.6 is 0 Å². The van der Waals surface area contributed by atoms with Crippen LogP contribution in [0.15, 0.2) is 53.4 Å². The lowest BCUT2D eigenvalue weighted by Gasteiger charge is -2.31. The predicted octanol–water partition coefficient (Wildman–Crippen LogP) is 3.16. The van der Waals surface area contributed by atoms with E-state index in [0.29, 0.717) is 24.4 Å². The number of hydrogen-bond acceptors (Lipinski definition) is 4. The second-order valence-corrected chi connectivity index (χ2v) is 10.8. The fraction of sp³-hybridized carbons (Fsp3) is 0.440. The van der Waals surface area contributed by atoms with Gasteiger partial charge < -0.3 is 10.6 Å². The van der Waals surface area contributed by atoms with Crippen molar-refractivity contribution in [2.75, 3.05) is 5.32 Å². The first-order valence-corrected chi connectivity index (χ1v) is 13.1. The Morgan fingerprint density at radius 3 is 2.61 bits per heavy atom. The van der Waals surface area contributed by atoms with Crippen LogP contribution in [0.25, 0.3) is 0 Å². The molecule has 3 atom stereocenters. The van der Waals surface area contributed by atoms with Crippen molar-refractivity contribution in [3.8, 4) is 0 Å². The number of sulfonamides is 1. The summed E-state index contributed by atoms with van der Waals surface area (Å²) in [6, 6.07) is 13.2. The highest BCUT2D eigenvalue weighted by molar-refractivity contribution is 7.89. The summed E-state index contributed by atoms with van der Waals surface area (Å²) in [4.78, 5) is 24.9. The molecule has 2 aromatic carbocycles. The largest absolute Gasteiger partial charge is 0.352 e. The molecule has 33 heavy (non-hydrogen) atoms. The molecule has 0 unspecified atom stereocenters. The summed E-state index contributed by atoms with van der Waals surface area (Å²) in [5.41, 5.74) is 2.29. The van der Waals surface area contributed by atoms with Crippen molar-refractivity contribution < 1.29 is 18.0 Å². The molecule has 2 amide bonds. The number of nitrogens with one attached hydrogen (secondary N) is 3. The molecule has 1 aliphatic heterocycles. The molecule has 3 N–H and O–H groups in total. The molecule has 0 radical (unpaired) electrons. The number of fused-ring (bicyclic) bond motifs is 1. The molecule has 0 bridgehead atoms. The van der Waals surface area contributed by atoms with E-state index in [0.717, 1.165) is 36.8 Å². The smallest absolute Gasteiger partial charge is 0.241 e. The fourth-order valence-corrected chi connectivity index (χ4v) is 5.88. The monoisotopic (exact) mass is 469 g/mol. The number of carbonyl (C=O) groups excluding carboxylic acids is 2. The predicted molar refractivity (Wildman–Crippen MR) is 127 cm³/mol. The molecule has 1 saturated carbocycles. The van der Waals surface area contributed by atoms with Crippen molar-refractivity contribution in [3.63, 3.8) is 0 Å².